The number of H-pyrrole nitrogens is 1. The van der Waals surface area contributed by atoms with Gasteiger partial charge >= 0.3 is 0 Å². The lowest BCUT2D eigenvalue weighted by Gasteiger charge is -2.24. The van der Waals surface area contributed by atoms with E-state index in [0.717, 1.165) is 31.0 Å². The van der Waals surface area contributed by atoms with Crippen molar-refractivity contribution in [2.24, 2.45) is 0 Å². The van der Waals surface area contributed by atoms with Crippen LogP contribution in [0.15, 0.2) is 24.3 Å². The van der Waals surface area contributed by atoms with Crippen molar-refractivity contribution < 1.29 is 4.74 Å². The molecule has 0 radical (unpaired) electrons. The van der Waals surface area contributed by atoms with Gasteiger partial charge in [0.15, 0.2) is 5.82 Å². The van der Waals surface area contributed by atoms with Gasteiger partial charge in [-0.05, 0) is 24.0 Å². The minimum absolute atomic E-state index is 0.433. The lowest BCUT2D eigenvalue weighted by molar-refractivity contribution is 0.266. The molecule has 2 heterocycles. The molecule has 0 saturated carbocycles. The average Bonchev–Trinajstić information content (AvgIpc) is 2.82. The summed E-state index contributed by atoms with van der Waals surface area (Å²) in [6.07, 6.45) is 1.82. The fourth-order valence-electron chi connectivity index (χ4n) is 2.12. The fourth-order valence-corrected chi connectivity index (χ4v) is 2.12. The Balaban J connectivity index is 1.87. The van der Waals surface area contributed by atoms with Crippen LogP contribution in [0.5, 0.6) is 5.75 Å². The Morgan fingerprint density at radius 1 is 1.38 bits per heavy atom. The molecule has 0 aliphatic carbocycles. The van der Waals surface area contributed by atoms with Gasteiger partial charge in [0.05, 0.1) is 6.61 Å². The van der Waals surface area contributed by atoms with Gasteiger partial charge in [-0.1, -0.05) is 23.4 Å². The molecular weight excluding hydrogens is 204 g/mol. The zero-order chi connectivity index (χ0) is 10.8. The highest BCUT2D eigenvalue weighted by Gasteiger charge is 2.22. The van der Waals surface area contributed by atoms with E-state index in [1.165, 1.54) is 5.56 Å². The predicted molar refractivity (Wildman–Crippen MR) is 57.2 cm³/mol. The van der Waals surface area contributed by atoms with Crippen molar-refractivity contribution in [2.75, 3.05) is 6.61 Å². The van der Waals surface area contributed by atoms with Crippen LogP contribution in [0.1, 0.15) is 23.7 Å². The van der Waals surface area contributed by atoms with Gasteiger partial charge in [-0.15, -0.1) is 10.2 Å². The van der Waals surface area contributed by atoms with Crippen LogP contribution in [-0.2, 0) is 6.42 Å². The second-order valence-electron chi connectivity index (χ2n) is 3.90. The van der Waals surface area contributed by atoms with Gasteiger partial charge in [0.1, 0.15) is 5.75 Å². The summed E-state index contributed by atoms with van der Waals surface area (Å²) in [5.74, 6) is 2.19. The number of hydrogen-bond acceptors (Lipinski definition) is 4. The van der Waals surface area contributed by atoms with Crippen LogP contribution in [0.25, 0.3) is 0 Å². The topological polar surface area (TPSA) is 63.7 Å². The van der Waals surface area contributed by atoms with Gasteiger partial charge in [0.25, 0.3) is 0 Å². The fraction of sp³-hybridized carbons (Fsp3) is 0.364. The number of benzene rings is 1. The van der Waals surface area contributed by atoms with E-state index in [9.17, 15) is 0 Å². The van der Waals surface area contributed by atoms with Crippen molar-refractivity contribution in [3.8, 4) is 5.75 Å². The summed E-state index contributed by atoms with van der Waals surface area (Å²) in [4.78, 5) is 0. The highest BCUT2D eigenvalue weighted by Crippen LogP contribution is 2.34. The normalized spacial score (nSPS) is 18.9. The maximum absolute atomic E-state index is 5.61. The molecule has 1 aromatic carbocycles. The number of aromatic nitrogens is 4. The Morgan fingerprint density at radius 3 is 3.19 bits per heavy atom. The lowest BCUT2D eigenvalue weighted by Crippen LogP contribution is -2.16. The highest BCUT2D eigenvalue weighted by molar-refractivity contribution is 5.38. The van der Waals surface area contributed by atoms with Gasteiger partial charge in [-0.3, -0.25) is 0 Å². The van der Waals surface area contributed by atoms with Crippen molar-refractivity contribution in [3.05, 3.63) is 35.7 Å². The van der Waals surface area contributed by atoms with E-state index in [2.05, 4.69) is 26.7 Å². The number of hydrogen-bond donors (Lipinski definition) is 1. The minimum atomic E-state index is 0.433. The molecule has 1 aliphatic rings. The molecule has 82 valence electrons. The van der Waals surface area contributed by atoms with Crippen molar-refractivity contribution in [2.45, 2.75) is 18.8 Å². The van der Waals surface area contributed by atoms with Crippen LogP contribution in [-0.4, -0.2) is 27.2 Å². The molecule has 16 heavy (non-hydrogen) atoms. The second kappa shape index (κ2) is 3.92. The Morgan fingerprint density at radius 2 is 2.31 bits per heavy atom. The molecule has 0 spiro atoms. The highest BCUT2D eigenvalue weighted by atomic mass is 16.5. The zero-order valence-corrected chi connectivity index (χ0v) is 8.76. The van der Waals surface area contributed by atoms with E-state index in [1.54, 1.807) is 0 Å². The van der Waals surface area contributed by atoms with Crippen molar-refractivity contribution in [3.63, 3.8) is 0 Å². The van der Waals surface area contributed by atoms with Gasteiger partial charge in [-0.2, -0.15) is 5.21 Å². The number of tetrazole rings is 1. The van der Waals surface area contributed by atoms with Gasteiger partial charge in [0.2, 0.25) is 0 Å². The summed E-state index contributed by atoms with van der Waals surface area (Å²) < 4.78 is 5.61. The monoisotopic (exact) mass is 216 g/mol. The van der Waals surface area contributed by atoms with Crippen LogP contribution in [0.4, 0.5) is 0 Å². The van der Waals surface area contributed by atoms with E-state index in [1.807, 2.05) is 18.2 Å². The maximum Gasteiger partial charge on any atom is 0.175 e. The summed E-state index contributed by atoms with van der Waals surface area (Å²) >= 11 is 0. The number of ether oxygens (including phenoxy) is 1. The van der Waals surface area contributed by atoms with E-state index in [-0.39, 0.29) is 0 Å². The minimum Gasteiger partial charge on any atom is -0.493 e. The summed E-state index contributed by atoms with van der Waals surface area (Å²) in [5.41, 5.74) is 1.25. The molecule has 1 aromatic heterocycles. The molecule has 0 saturated heterocycles. The standard InChI is InChI=1S/C11H12N4O/c1-2-4-10-9(3-1)8(5-6-16-10)7-11-12-14-15-13-11/h1-4,8H,5-7H2,(H,12,13,14,15). The largest absolute Gasteiger partial charge is 0.493 e. The molecule has 1 aliphatic heterocycles. The lowest BCUT2D eigenvalue weighted by atomic mass is 9.90. The third-order valence-corrected chi connectivity index (χ3v) is 2.90. The number of fused-ring (bicyclic) bond motifs is 1. The molecule has 0 amide bonds. The first-order valence-electron chi connectivity index (χ1n) is 5.37. The Kier molecular flexibility index (Phi) is 2.29. The smallest absolute Gasteiger partial charge is 0.175 e. The summed E-state index contributed by atoms with van der Waals surface area (Å²) in [6, 6.07) is 8.16. The molecular formula is C11H12N4O. The first-order valence-corrected chi connectivity index (χ1v) is 5.37. The molecule has 2 aromatic rings. The van der Waals surface area contributed by atoms with Crippen LogP contribution < -0.4 is 4.74 Å². The molecule has 5 heteroatoms. The Bertz CT molecular complexity index is 469. The molecule has 1 N–H and O–H groups in total. The first kappa shape index (κ1) is 9.33. The van der Waals surface area contributed by atoms with Crippen molar-refractivity contribution in [1.82, 2.24) is 20.6 Å². The summed E-state index contributed by atoms with van der Waals surface area (Å²) in [5, 5.41) is 14.0. The number of nitrogens with zero attached hydrogens (tertiary/aromatic N) is 3. The van der Waals surface area contributed by atoms with Crippen LogP contribution in [0, 0.1) is 0 Å². The van der Waals surface area contributed by atoms with Crippen molar-refractivity contribution in [1.29, 1.82) is 0 Å². The predicted octanol–water partition coefficient (Wildman–Crippen LogP) is 1.31. The number of rotatable bonds is 2. The van der Waals surface area contributed by atoms with Crippen LogP contribution >= 0.6 is 0 Å². The SMILES string of the molecule is c1ccc2c(c1)OCCC2Cc1nn[nH]n1. The second-order valence-corrected chi connectivity index (χ2v) is 3.90. The van der Waals surface area contributed by atoms with Gasteiger partial charge in [0, 0.05) is 6.42 Å². The van der Waals surface area contributed by atoms with E-state index in [4.69, 9.17) is 4.74 Å². The third-order valence-electron chi connectivity index (χ3n) is 2.90. The molecule has 0 fully saturated rings. The van der Waals surface area contributed by atoms with E-state index >= 15 is 0 Å². The van der Waals surface area contributed by atoms with Gasteiger partial charge < -0.3 is 4.74 Å². The van der Waals surface area contributed by atoms with Gasteiger partial charge in [-0.25, -0.2) is 0 Å². The van der Waals surface area contributed by atoms with E-state index in [0.29, 0.717) is 5.92 Å². The Hall–Kier alpha value is -1.91. The maximum atomic E-state index is 5.61. The van der Waals surface area contributed by atoms with Crippen LogP contribution in [0.3, 0.4) is 0 Å². The molecule has 1 atom stereocenters. The number of para-hydroxylation sites is 1. The number of aromatic amines is 1. The van der Waals surface area contributed by atoms with E-state index < -0.39 is 0 Å². The summed E-state index contributed by atoms with van der Waals surface area (Å²) in [6.45, 7) is 0.763. The van der Waals surface area contributed by atoms with Crippen molar-refractivity contribution >= 4 is 0 Å². The molecule has 5 nitrogen and oxygen atoms in total. The molecule has 0 bridgehead atoms. The summed E-state index contributed by atoms with van der Waals surface area (Å²) in [7, 11) is 0. The average molecular weight is 216 g/mol. The quantitative estimate of drug-likeness (QED) is 0.822. The third kappa shape index (κ3) is 1.64. The number of nitrogens with one attached hydrogen (secondary N) is 1. The first-order chi connectivity index (χ1) is 7.93. The molecule has 3 rings (SSSR count). The Labute approximate surface area is 92.8 Å². The zero-order valence-electron chi connectivity index (χ0n) is 8.76. The van der Waals surface area contributed by atoms with Crippen LogP contribution in [0.2, 0.25) is 0 Å². The molecule has 1 unspecified atom stereocenters.